The summed E-state index contributed by atoms with van der Waals surface area (Å²) >= 11 is 19.0. The van der Waals surface area contributed by atoms with E-state index in [-0.39, 0.29) is 6.03 Å². The molecular formula is C22H19Cl3N4O. The number of hydrogen-bond acceptors (Lipinski definition) is 3. The van der Waals surface area contributed by atoms with Crippen LogP contribution in [0.1, 0.15) is 11.1 Å². The van der Waals surface area contributed by atoms with E-state index in [1.165, 1.54) is 0 Å². The van der Waals surface area contributed by atoms with Gasteiger partial charge in [0.15, 0.2) is 0 Å². The standard InChI is InChI=1S/C22H19Cl3N4O/c1-14-6-7-16(10-17(14)23)27-22(30)28-8-9-29(20-5-3-2-4-15(20)13-28)21-18(24)11-26-12-19(21)25/h2-7,10-12H,8-9,13H2,1H3,(H,27,30). The van der Waals surface area contributed by atoms with Gasteiger partial charge in [-0.2, -0.15) is 0 Å². The molecule has 2 heterocycles. The van der Waals surface area contributed by atoms with Crippen molar-refractivity contribution in [2.75, 3.05) is 23.3 Å². The molecule has 154 valence electrons. The fourth-order valence-corrected chi connectivity index (χ4v) is 4.22. The molecule has 0 spiro atoms. The Morgan fingerprint density at radius 2 is 1.73 bits per heavy atom. The van der Waals surface area contributed by atoms with Gasteiger partial charge in [-0.15, -0.1) is 0 Å². The number of pyridine rings is 1. The molecule has 0 saturated heterocycles. The van der Waals surface area contributed by atoms with Gasteiger partial charge in [0.05, 0.1) is 15.7 Å². The van der Waals surface area contributed by atoms with E-state index in [4.69, 9.17) is 34.8 Å². The zero-order valence-corrected chi connectivity index (χ0v) is 18.5. The van der Waals surface area contributed by atoms with Crippen molar-refractivity contribution in [1.82, 2.24) is 9.88 Å². The number of amides is 2. The molecule has 0 atom stereocenters. The molecule has 1 N–H and O–H groups in total. The van der Waals surface area contributed by atoms with Crippen LogP contribution in [0, 0.1) is 6.92 Å². The second kappa shape index (κ2) is 8.72. The van der Waals surface area contributed by atoms with E-state index < -0.39 is 0 Å². The highest BCUT2D eigenvalue weighted by Crippen LogP contribution is 2.39. The van der Waals surface area contributed by atoms with E-state index >= 15 is 0 Å². The molecule has 0 unspecified atom stereocenters. The molecule has 0 radical (unpaired) electrons. The Labute approximate surface area is 190 Å². The highest BCUT2D eigenvalue weighted by Gasteiger charge is 2.26. The largest absolute Gasteiger partial charge is 0.337 e. The number of nitrogens with one attached hydrogen (secondary N) is 1. The molecule has 2 aromatic carbocycles. The molecule has 4 rings (SSSR count). The summed E-state index contributed by atoms with van der Waals surface area (Å²) < 4.78 is 0. The van der Waals surface area contributed by atoms with Crippen LogP contribution in [0.5, 0.6) is 0 Å². The fourth-order valence-electron chi connectivity index (χ4n) is 3.47. The molecule has 30 heavy (non-hydrogen) atoms. The number of carbonyl (C=O) groups is 1. The summed E-state index contributed by atoms with van der Waals surface area (Å²) in [7, 11) is 0. The third-order valence-electron chi connectivity index (χ3n) is 5.05. The number of urea groups is 1. The van der Waals surface area contributed by atoms with Crippen LogP contribution in [-0.2, 0) is 6.54 Å². The topological polar surface area (TPSA) is 48.5 Å². The Bertz CT molecular complexity index is 1090. The van der Waals surface area contributed by atoms with E-state index in [0.717, 1.165) is 16.8 Å². The molecule has 1 aromatic heterocycles. The van der Waals surface area contributed by atoms with Gasteiger partial charge in [0.1, 0.15) is 0 Å². The number of anilines is 3. The first-order valence-electron chi connectivity index (χ1n) is 9.40. The maximum Gasteiger partial charge on any atom is 0.322 e. The van der Waals surface area contributed by atoms with Crippen molar-refractivity contribution in [2.24, 2.45) is 0 Å². The number of aromatic nitrogens is 1. The number of halogens is 3. The Kier molecular flexibility index (Phi) is 6.04. The number of fused-ring (bicyclic) bond motifs is 1. The summed E-state index contributed by atoms with van der Waals surface area (Å²) in [4.78, 5) is 20.8. The van der Waals surface area contributed by atoms with Crippen LogP contribution in [0.3, 0.4) is 0 Å². The van der Waals surface area contributed by atoms with Crippen LogP contribution in [-0.4, -0.2) is 29.0 Å². The van der Waals surface area contributed by atoms with Gasteiger partial charge in [-0.25, -0.2) is 4.79 Å². The molecular weight excluding hydrogens is 443 g/mol. The first kappa shape index (κ1) is 20.8. The van der Waals surface area contributed by atoms with Gasteiger partial charge in [-0.3, -0.25) is 4.98 Å². The van der Waals surface area contributed by atoms with Crippen LogP contribution in [0.4, 0.5) is 21.9 Å². The Hall–Kier alpha value is -2.47. The Morgan fingerprint density at radius 3 is 2.47 bits per heavy atom. The molecule has 3 aromatic rings. The number of hydrogen-bond donors (Lipinski definition) is 1. The van der Waals surface area contributed by atoms with Crippen LogP contribution >= 0.6 is 34.8 Å². The van der Waals surface area contributed by atoms with Crippen LogP contribution in [0.15, 0.2) is 54.9 Å². The van der Waals surface area contributed by atoms with Gasteiger partial charge < -0.3 is 15.1 Å². The predicted molar refractivity (Wildman–Crippen MR) is 123 cm³/mol. The number of nitrogens with zero attached hydrogens (tertiary/aromatic N) is 3. The second-order valence-corrected chi connectivity index (χ2v) is 8.27. The lowest BCUT2D eigenvalue weighted by Gasteiger charge is -2.26. The van der Waals surface area contributed by atoms with Gasteiger partial charge in [0.25, 0.3) is 0 Å². The molecule has 1 aliphatic heterocycles. The highest BCUT2D eigenvalue weighted by molar-refractivity contribution is 6.39. The second-order valence-electron chi connectivity index (χ2n) is 7.05. The molecule has 0 bridgehead atoms. The summed E-state index contributed by atoms with van der Waals surface area (Å²) in [5.74, 6) is 0. The summed E-state index contributed by atoms with van der Waals surface area (Å²) in [6.07, 6.45) is 3.14. The number of benzene rings is 2. The smallest absolute Gasteiger partial charge is 0.322 e. The van der Waals surface area contributed by atoms with Gasteiger partial charge in [0.2, 0.25) is 0 Å². The van der Waals surface area contributed by atoms with Crippen LogP contribution < -0.4 is 10.2 Å². The third kappa shape index (κ3) is 4.19. The predicted octanol–water partition coefficient (Wildman–Crippen LogP) is 6.54. The van der Waals surface area contributed by atoms with Crippen molar-refractivity contribution < 1.29 is 4.79 Å². The normalized spacial score (nSPS) is 13.6. The molecule has 5 nitrogen and oxygen atoms in total. The van der Waals surface area contributed by atoms with E-state index in [0.29, 0.717) is 46.1 Å². The average Bonchev–Trinajstić information content (AvgIpc) is 2.91. The molecule has 2 amide bonds. The quantitative estimate of drug-likeness (QED) is 0.471. The Balaban J connectivity index is 1.63. The summed E-state index contributed by atoms with van der Waals surface area (Å²) in [6.45, 7) is 3.39. The minimum Gasteiger partial charge on any atom is -0.337 e. The minimum atomic E-state index is -0.196. The lowest BCUT2D eigenvalue weighted by molar-refractivity contribution is 0.212. The van der Waals surface area contributed by atoms with Crippen molar-refractivity contribution >= 4 is 57.9 Å². The van der Waals surface area contributed by atoms with Crippen molar-refractivity contribution in [3.63, 3.8) is 0 Å². The van der Waals surface area contributed by atoms with E-state index in [1.54, 1.807) is 23.4 Å². The highest BCUT2D eigenvalue weighted by atomic mass is 35.5. The van der Waals surface area contributed by atoms with Gasteiger partial charge >= 0.3 is 6.03 Å². The molecule has 0 saturated carbocycles. The van der Waals surface area contributed by atoms with E-state index in [1.807, 2.05) is 48.2 Å². The minimum absolute atomic E-state index is 0.196. The van der Waals surface area contributed by atoms with Crippen LogP contribution in [0.2, 0.25) is 15.1 Å². The summed E-state index contributed by atoms with van der Waals surface area (Å²) in [5.41, 5.74) is 4.26. The Morgan fingerprint density at radius 1 is 1.00 bits per heavy atom. The maximum atomic E-state index is 13.0. The molecule has 0 aliphatic carbocycles. The zero-order chi connectivity index (χ0) is 21.3. The first-order valence-corrected chi connectivity index (χ1v) is 10.5. The van der Waals surface area contributed by atoms with Crippen molar-refractivity contribution in [2.45, 2.75) is 13.5 Å². The molecule has 1 aliphatic rings. The molecule has 0 fully saturated rings. The summed E-state index contributed by atoms with van der Waals surface area (Å²) in [5, 5.41) is 4.48. The average molecular weight is 462 g/mol. The lowest BCUT2D eigenvalue weighted by atomic mass is 10.1. The van der Waals surface area contributed by atoms with Crippen molar-refractivity contribution in [1.29, 1.82) is 0 Å². The SMILES string of the molecule is Cc1ccc(NC(=O)N2CCN(c3c(Cl)cncc3Cl)c3ccccc3C2)cc1Cl. The fraction of sp³-hybridized carbons (Fsp3) is 0.182. The first-order chi connectivity index (χ1) is 14.4. The maximum absolute atomic E-state index is 13.0. The summed E-state index contributed by atoms with van der Waals surface area (Å²) in [6, 6.07) is 13.2. The third-order valence-corrected chi connectivity index (χ3v) is 6.01. The zero-order valence-electron chi connectivity index (χ0n) is 16.2. The van der Waals surface area contributed by atoms with E-state index in [9.17, 15) is 4.79 Å². The lowest BCUT2D eigenvalue weighted by Crippen LogP contribution is -2.37. The van der Waals surface area contributed by atoms with Crippen LogP contribution in [0.25, 0.3) is 0 Å². The number of carbonyl (C=O) groups excluding carboxylic acids is 1. The van der Waals surface area contributed by atoms with Gasteiger partial charge in [-0.1, -0.05) is 59.1 Å². The number of aryl methyl sites for hydroxylation is 1. The molecule has 8 heteroatoms. The monoisotopic (exact) mass is 460 g/mol. The van der Waals surface area contributed by atoms with Gasteiger partial charge in [-0.05, 0) is 36.2 Å². The van der Waals surface area contributed by atoms with E-state index in [2.05, 4.69) is 10.3 Å². The number of para-hydroxylation sites is 1. The number of rotatable bonds is 2. The van der Waals surface area contributed by atoms with Crippen molar-refractivity contribution in [3.8, 4) is 0 Å². The van der Waals surface area contributed by atoms with Gasteiger partial charge in [0, 0.05) is 48.4 Å². The van der Waals surface area contributed by atoms with Crippen molar-refractivity contribution in [3.05, 3.63) is 81.1 Å².